The molecular weight excluding hydrogens is 577 g/mol. The third-order valence-corrected chi connectivity index (χ3v) is 8.62. The Hall–Kier alpha value is -3.65. The molecule has 6 nitrogen and oxygen atoms in total. The van der Waals surface area contributed by atoms with Crippen LogP contribution in [0.25, 0.3) is 6.08 Å². The van der Waals surface area contributed by atoms with E-state index in [1.54, 1.807) is 21.6 Å². The second-order valence-corrected chi connectivity index (χ2v) is 11.4. The summed E-state index contributed by atoms with van der Waals surface area (Å²) in [5.74, 6) is 0.569. The molecule has 9 heteroatoms. The molecule has 0 saturated heterocycles. The highest BCUT2D eigenvalue weighted by atomic mass is 35.5. The van der Waals surface area contributed by atoms with Crippen LogP contribution in [-0.2, 0) is 11.4 Å². The summed E-state index contributed by atoms with van der Waals surface area (Å²) in [6.07, 6.45) is 1.84. The molecule has 1 atom stereocenters. The van der Waals surface area contributed by atoms with Crippen LogP contribution in [-0.4, -0.2) is 28.5 Å². The number of ether oxygens (including phenoxy) is 1. The third kappa shape index (κ3) is 6.03. The van der Waals surface area contributed by atoms with Crippen LogP contribution >= 0.6 is 34.5 Å². The molecule has 0 radical (unpaired) electrons. The summed E-state index contributed by atoms with van der Waals surface area (Å²) < 4.78 is 8.05. The van der Waals surface area contributed by atoms with Gasteiger partial charge in [0, 0.05) is 28.7 Å². The Morgan fingerprint density at radius 3 is 2.37 bits per heavy atom. The Bertz CT molecular complexity index is 1790. The molecular formula is C32H29Cl2N3O3S. The maximum absolute atomic E-state index is 13.9. The summed E-state index contributed by atoms with van der Waals surface area (Å²) in [5.41, 5.74) is 3.45. The smallest absolute Gasteiger partial charge is 0.271 e. The number of fused-ring (bicyclic) bond motifs is 1. The first-order valence-electron chi connectivity index (χ1n) is 13.3. The highest BCUT2D eigenvalue weighted by Crippen LogP contribution is 2.32. The van der Waals surface area contributed by atoms with Crippen molar-refractivity contribution in [3.8, 4) is 5.75 Å². The Labute approximate surface area is 252 Å². The van der Waals surface area contributed by atoms with Gasteiger partial charge in [0.1, 0.15) is 12.4 Å². The van der Waals surface area contributed by atoms with Crippen LogP contribution in [0, 0.1) is 0 Å². The summed E-state index contributed by atoms with van der Waals surface area (Å²) in [6, 6.07) is 21.7. The quantitative estimate of drug-likeness (QED) is 0.248. The highest BCUT2D eigenvalue weighted by molar-refractivity contribution is 7.07. The van der Waals surface area contributed by atoms with Gasteiger partial charge in [-0.25, -0.2) is 4.99 Å². The van der Waals surface area contributed by atoms with Crippen molar-refractivity contribution in [3.63, 3.8) is 0 Å². The van der Waals surface area contributed by atoms with E-state index in [-0.39, 0.29) is 11.5 Å². The van der Waals surface area contributed by atoms with Crippen LogP contribution in [0.1, 0.15) is 43.5 Å². The van der Waals surface area contributed by atoms with Gasteiger partial charge in [-0.15, -0.1) is 0 Å². The largest absolute Gasteiger partial charge is 0.489 e. The van der Waals surface area contributed by atoms with Crippen molar-refractivity contribution in [1.29, 1.82) is 0 Å². The molecule has 1 aliphatic rings. The van der Waals surface area contributed by atoms with Crippen molar-refractivity contribution in [2.45, 2.75) is 33.4 Å². The fourth-order valence-corrected chi connectivity index (χ4v) is 6.19. The number of aromatic nitrogens is 1. The molecule has 1 amide bonds. The minimum atomic E-state index is -0.612. The first-order chi connectivity index (χ1) is 19.8. The summed E-state index contributed by atoms with van der Waals surface area (Å²) in [6.45, 7) is 7.19. The number of thiazole rings is 1. The summed E-state index contributed by atoms with van der Waals surface area (Å²) in [7, 11) is 0. The predicted octanol–water partition coefficient (Wildman–Crippen LogP) is 5.99. The number of benzene rings is 3. The SMILES string of the molecule is CCN(CC)C(=O)C1=C(C)N=c2s/c(=C/c3ccc(OCc4ccccc4Cl)cc3)c(=O)n2[C@H]1c1ccc(Cl)cc1. The van der Waals surface area contributed by atoms with E-state index in [4.69, 9.17) is 32.9 Å². The van der Waals surface area contributed by atoms with Crippen molar-refractivity contribution in [2.75, 3.05) is 13.1 Å². The van der Waals surface area contributed by atoms with Crippen molar-refractivity contribution < 1.29 is 9.53 Å². The van der Waals surface area contributed by atoms with Gasteiger partial charge in [-0.1, -0.05) is 77.0 Å². The van der Waals surface area contributed by atoms with E-state index >= 15 is 0 Å². The molecule has 0 spiro atoms. The average molecular weight is 607 g/mol. The number of amides is 1. The van der Waals surface area contributed by atoms with Crippen molar-refractivity contribution >= 4 is 46.5 Å². The number of likely N-dealkylation sites (N-methyl/N-ethyl adjacent to an activating group) is 1. The van der Waals surface area contributed by atoms with E-state index in [0.29, 0.717) is 56.1 Å². The van der Waals surface area contributed by atoms with E-state index in [2.05, 4.69) is 0 Å². The van der Waals surface area contributed by atoms with Gasteiger partial charge in [0.25, 0.3) is 11.5 Å². The second kappa shape index (κ2) is 12.5. The van der Waals surface area contributed by atoms with Gasteiger partial charge < -0.3 is 9.64 Å². The third-order valence-electron chi connectivity index (χ3n) is 7.02. The lowest BCUT2D eigenvalue weighted by Gasteiger charge is -2.29. The van der Waals surface area contributed by atoms with E-state index in [9.17, 15) is 9.59 Å². The highest BCUT2D eigenvalue weighted by Gasteiger charge is 2.34. The fraction of sp³-hybridized carbons (Fsp3) is 0.219. The number of rotatable bonds is 8. The number of allylic oxidation sites excluding steroid dienone is 1. The zero-order valence-corrected chi connectivity index (χ0v) is 25.3. The zero-order chi connectivity index (χ0) is 29.1. The average Bonchev–Trinajstić information content (AvgIpc) is 3.27. The van der Waals surface area contributed by atoms with Crippen LogP contribution < -0.4 is 19.6 Å². The van der Waals surface area contributed by atoms with Gasteiger partial charge in [0.05, 0.1) is 21.8 Å². The molecule has 0 aliphatic carbocycles. The molecule has 1 aromatic heterocycles. The molecule has 41 heavy (non-hydrogen) atoms. The Morgan fingerprint density at radius 1 is 1.02 bits per heavy atom. The standard InChI is InChI=1S/C32H29Cl2N3O3S/c1-4-36(5-2)31(39)28-20(3)35-32-37(29(28)22-12-14-24(33)15-13-22)30(38)27(41-32)18-21-10-16-25(17-11-21)40-19-23-8-6-7-9-26(23)34/h6-18,29H,4-5,19H2,1-3H3/b27-18+/t29-/m0/s1. The van der Waals surface area contributed by atoms with Crippen LogP contribution in [0.15, 0.2) is 93.9 Å². The molecule has 3 aromatic carbocycles. The van der Waals surface area contributed by atoms with Crippen LogP contribution in [0.2, 0.25) is 10.0 Å². The van der Waals surface area contributed by atoms with Crippen molar-refractivity contribution in [1.82, 2.24) is 9.47 Å². The molecule has 2 heterocycles. The summed E-state index contributed by atoms with van der Waals surface area (Å²) in [5, 5.41) is 1.24. The van der Waals surface area contributed by atoms with Crippen LogP contribution in [0.4, 0.5) is 0 Å². The van der Waals surface area contributed by atoms with Gasteiger partial charge in [-0.2, -0.15) is 0 Å². The predicted molar refractivity (Wildman–Crippen MR) is 165 cm³/mol. The zero-order valence-electron chi connectivity index (χ0n) is 22.9. The Kier molecular flexibility index (Phi) is 8.78. The van der Waals surface area contributed by atoms with Crippen LogP contribution in [0.3, 0.4) is 0 Å². The first-order valence-corrected chi connectivity index (χ1v) is 14.9. The molecule has 0 bridgehead atoms. The van der Waals surface area contributed by atoms with E-state index in [0.717, 1.165) is 16.7 Å². The lowest BCUT2D eigenvalue weighted by molar-refractivity contribution is -0.127. The molecule has 0 unspecified atom stereocenters. The molecule has 210 valence electrons. The molecule has 0 N–H and O–H groups in total. The second-order valence-electron chi connectivity index (χ2n) is 9.56. The van der Waals surface area contributed by atoms with Crippen LogP contribution in [0.5, 0.6) is 5.75 Å². The molecule has 0 saturated carbocycles. The fourth-order valence-electron chi connectivity index (χ4n) is 4.82. The number of hydrogen-bond donors (Lipinski definition) is 0. The Balaban J connectivity index is 1.51. The molecule has 5 rings (SSSR count). The Morgan fingerprint density at radius 2 is 1.71 bits per heavy atom. The van der Waals surface area contributed by atoms with Gasteiger partial charge >= 0.3 is 0 Å². The van der Waals surface area contributed by atoms with E-state index < -0.39 is 6.04 Å². The monoisotopic (exact) mass is 605 g/mol. The molecule has 0 fully saturated rings. The molecule has 1 aliphatic heterocycles. The summed E-state index contributed by atoms with van der Waals surface area (Å²) >= 11 is 13.7. The van der Waals surface area contributed by atoms with Crippen molar-refractivity contribution in [2.24, 2.45) is 4.99 Å². The minimum absolute atomic E-state index is 0.127. The van der Waals surface area contributed by atoms with Crippen molar-refractivity contribution in [3.05, 3.63) is 130 Å². The number of hydrogen-bond acceptors (Lipinski definition) is 5. The van der Waals surface area contributed by atoms with Gasteiger partial charge in [-0.05, 0) is 68.3 Å². The molecule has 4 aromatic rings. The van der Waals surface area contributed by atoms with Gasteiger partial charge in [0.15, 0.2) is 4.80 Å². The minimum Gasteiger partial charge on any atom is -0.489 e. The number of carbonyl (C=O) groups excluding carboxylic acids is 1. The van der Waals surface area contributed by atoms with E-state index in [1.807, 2.05) is 87.5 Å². The lowest BCUT2D eigenvalue weighted by atomic mass is 9.94. The number of carbonyl (C=O) groups is 1. The number of nitrogens with zero attached hydrogens (tertiary/aromatic N) is 3. The maximum Gasteiger partial charge on any atom is 0.271 e. The van der Waals surface area contributed by atoms with Gasteiger partial charge in [0.2, 0.25) is 0 Å². The number of halogens is 2. The lowest BCUT2D eigenvalue weighted by Crippen LogP contribution is -2.43. The first kappa shape index (κ1) is 28.9. The topological polar surface area (TPSA) is 63.9 Å². The van der Waals surface area contributed by atoms with Gasteiger partial charge in [-0.3, -0.25) is 14.2 Å². The van der Waals surface area contributed by atoms with E-state index in [1.165, 1.54) is 11.3 Å². The normalized spacial score (nSPS) is 15.0. The maximum atomic E-state index is 13.9. The summed E-state index contributed by atoms with van der Waals surface area (Å²) in [4.78, 5) is 34.6.